The molecule has 4 unspecified atom stereocenters. The van der Waals surface area contributed by atoms with Gasteiger partial charge in [0.1, 0.15) is 5.60 Å². The Balaban J connectivity index is 2.35. The second-order valence-electron chi connectivity index (χ2n) is 11.7. The molecule has 0 heterocycles. The summed E-state index contributed by atoms with van der Waals surface area (Å²) in [6.45, 7) is 11.4. The summed E-state index contributed by atoms with van der Waals surface area (Å²) in [6.07, 6.45) is -1.23. The van der Waals surface area contributed by atoms with Gasteiger partial charge in [-0.15, -0.1) is 0 Å². The predicted molar refractivity (Wildman–Crippen MR) is 159 cm³/mol. The molecule has 0 aliphatic rings. The summed E-state index contributed by atoms with van der Waals surface area (Å²) >= 11 is 0. The first kappa shape index (κ1) is 33.6. The van der Waals surface area contributed by atoms with Crippen molar-refractivity contribution in [2.45, 2.75) is 84.6 Å². The zero-order valence-corrected chi connectivity index (χ0v) is 25.2. The Morgan fingerprint density at radius 1 is 0.829 bits per heavy atom. The highest BCUT2D eigenvalue weighted by atomic mass is 16.6. The van der Waals surface area contributed by atoms with Gasteiger partial charge in [-0.2, -0.15) is 0 Å². The lowest BCUT2D eigenvalue weighted by atomic mass is 9.91. The highest BCUT2D eigenvalue weighted by Gasteiger charge is 2.33. The van der Waals surface area contributed by atoms with E-state index in [-0.39, 0.29) is 25.0 Å². The fourth-order valence-electron chi connectivity index (χ4n) is 4.53. The minimum atomic E-state index is -1.16. The molecule has 0 aromatic heterocycles. The maximum absolute atomic E-state index is 13.6. The van der Waals surface area contributed by atoms with E-state index in [0.717, 1.165) is 11.1 Å². The molecular weight excluding hydrogens is 522 g/mol. The lowest BCUT2D eigenvalue weighted by Gasteiger charge is -2.33. The van der Waals surface area contributed by atoms with Gasteiger partial charge in [0.2, 0.25) is 5.91 Å². The van der Waals surface area contributed by atoms with Crippen molar-refractivity contribution < 1.29 is 29.0 Å². The van der Waals surface area contributed by atoms with Crippen molar-refractivity contribution in [2.75, 3.05) is 13.2 Å². The molecule has 0 bridgehead atoms. The largest absolute Gasteiger partial charge is 0.450 e. The van der Waals surface area contributed by atoms with Crippen molar-refractivity contribution in [1.29, 1.82) is 0 Å². The maximum atomic E-state index is 13.6. The molecule has 0 saturated carbocycles. The molecule has 4 atom stereocenters. The third kappa shape index (κ3) is 13.1. The number of amides is 3. The molecular formula is C32H47N3O6. The molecule has 9 heteroatoms. The zero-order chi connectivity index (χ0) is 30.4. The first-order valence-corrected chi connectivity index (χ1v) is 14.3. The van der Waals surface area contributed by atoms with E-state index >= 15 is 0 Å². The van der Waals surface area contributed by atoms with Gasteiger partial charge >= 0.3 is 12.2 Å². The number of benzene rings is 2. The molecule has 41 heavy (non-hydrogen) atoms. The van der Waals surface area contributed by atoms with Gasteiger partial charge in [-0.25, -0.2) is 9.59 Å². The Morgan fingerprint density at radius 3 is 1.80 bits per heavy atom. The van der Waals surface area contributed by atoms with Crippen molar-refractivity contribution in [1.82, 2.24) is 16.0 Å². The molecule has 0 spiro atoms. The van der Waals surface area contributed by atoms with Crippen LogP contribution in [0.25, 0.3) is 0 Å². The summed E-state index contributed by atoms with van der Waals surface area (Å²) < 4.78 is 10.5. The van der Waals surface area contributed by atoms with E-state index in [2.05, 4.69) is 16.0 Å². The number of nitrogens with one attached hydrogen (secondary N) is 3. The number of aliphatic hydroxyl groups is 1. The van der Waals surface area contributed by atoms with Crippen LogP contribution in [0.5, 0.6) is 0 Å². The zero-order valence-electron chi connectivity index (χ0n) is 25.2. The highest BCUT2D eigenvalue weighted by Crippen LogP contribution is 2.17. The molecule has 0 aliphatic carbocycles. The van der Waals surface area contributed by atoms with Gasteiger partial charge < -0.3 is 30.5 Å². The standard InChI is InChI=1S/C32H47N3O6/c1-7-40-30(38)33-21-25(18-22(2)3)29(37)34-26(19-23-14-10-8-11-15-23)28(36)27(20-24-16-12-9-13-17-24)35-31(39)41-32(4,5)6/h8-17,22,25-28,36H,7,18-21H2,1-6H3,(H,33,38)(H,34,37)(H,35,39). The Morgan fingerprint density at radius 2 is 1.34 bits per heavy atom. The van der Waals surface area contributed by atoms with Crippen LogP contribution in [0.15, 0.2) is 60.7 Å². The number of hydrogen-bond acceptors (Lipinski definition) is 6. The lowest BCUT2D eigenvalue weighted by molar-refractivity contribution is -0.127. The van der Waals surface area contributed by atoms with Gasteiger partial charge in [-0.3, -0.25) is 4.79 Å². The third-order valence-corrected chi connectivity index (χ3v) is 6.35. The Bertz CT molecular complexity index is 1070. The number of hydrogen-bond donors (Lipinski definition) is 4. The minimum Gasteiger partial charge on any atom is -0.450 e. The van der Waals surface area contributed by atoms with E-state index in [0.29, 0.717) is 19.3 Å². The van der Waals surface area contributed by atoms with Crippen LogP contribution in [0, 0.1) is 11.8 Å². The quantitative estimate of drug-likeness (QED) is 0.263. The minimum absolute atomic E-state index is 0.0978. The fourth-order valence-corrected chi connectivity index (χ4v) is 4.53. The summed E-state index contributed by atoms with van der Waals surface area (Å²) in [7, 11) is 0. The van der Waals surface area contributed by atoms with Gasteiger partial charge in [-0.05, 0) is 64.0 Å². The Hall–Kier alpha value is -3.59. The maximum Gasteiger partial charge on any atom is 0.407 e. The van der Waals surface area contributed by atoms with Crippen molar-refractivity contribution >= 4 is 18.1 Å². The summed E-state index contributed by atoms with van der Waals surface area (Å²) in [6, 6.07) is 17.5. The third-order valence-electron chi connectivity index (χ3n) is 6.35. The Kier molecular flexibility index (Phi) is 13.6. The van der Waals surface area contributed by atoms with Crippen molar-refractivity contribution in [2.24, 2.45) is 11.8 Å². The summed E-state index contributed by atoms with van der Waals surface area (Å²) in [4.78, 5) is 38.4. The first-order valence-electron chi connectivity index (χ1n) is 14.3. The van der Waals surface area contributed by atoms with Gasteiger partial charge in [0.25, 0.3) is 0 Å². The number of carbonyl (C=O) groups is 3. The first-order chi connectivity index (χ1) is 19.4. The van der Waals surface area contributed by atoms with Crippen LogP contribution < -0.4 is 16.0 Å². The molecule has 4 N–H and O–H groups in total. The second kappa shape index (κ2) is 16.6. The van der Waals surface area contributed by atoms with Gasteiger partial charge in [0, 0.05) is 6.54 Å². The van der Waals surface area contributed by atoms with Crippen LogP contribution in [0.3, 0.4) is 0 Å². The lowest BCUT2D eigenvalue weighted by Crippen LogP contribution is -2.57. The van der Waals surface area contributed by atoms with Crippen LogP contribution in [0.1, 0.15) is 59.1 Å². The average molecular weight is 570 g/mol. The molecule has 2 aromatic carbocycles. The summed E-state index contributed by atoms with van der Waals surface area (Å²) in [5.41, 5.74) is 1.10. The molecule has 9 nitrogen and oxygen atoms in total. The fraction of sp³-hybridized carbons (Fsp3) is 0.531. The van der Waals surface area contributed by atoms with Crippen molar-refractivity contribution in [3.63, 3.8) is 0 Å². The monoisotopic (exact) mass is 569 g/mol. The number of carbonyl (C=O) groups excluding carboxylic acids is 3. The molecule has 2 aromatic rings. The number of ether oxygens (including phenoxy) is 2. The van der Waals surface area contributed by atoms with Gasteiger partial charge in [-0.1, -0.05) is 74.5 Å². The SMILES string of the molecule is CCOC(=O)NCC(CC(C)C)C(=O)NC(Cc1ccccc1)C(O)C(Cc1ccccc1)NC(=O)OC(C)(C)C. The summed E-state index contributed by atoms with van der Waals surface area (Å²) in [5.74, 6) is -0.658. The van der Waals surface area contributed by atoms with Crippen LogP contribution in [0.4, 0.5) is 9.59 Å². The average Bonchev–Trinajstić information content (AvgIpc) is 2.90. The summed E-state index contributed by atoms with van der Waals surface area (Å²) in [5, 5.41) is 20.3. The predicted octanol–water partition coefficient (Wildman–Crippen LogP) is 4.62. The van der Waals surface area contributed by atoms with E-state index in [1.165, 1.54) is 0 Å². The second-order valence-corrected chi connectivity index (χ2v) is 11.7. The van der Waals surface area contributed by atoms with Crippen molar-refractivity contribution in [3.05, 3.63) is 71.8 Å². The van der Waals surface area contributed by atoms with E-state index < -0.39 is 41.9 Å². The molecule has 0 radical (unpaired) electrons. The highest BCUT2D eigenvalue weighted by molar-refractivity contribution is 5.80. The normalized spacial score (nSPS) is 14.3. The van der Waals surface area contributed by atoms with E-state index in [9.17, 15) is 19.5 Å². The number of aliphatic hydroxyl groups excluding tert-OH is 1. The van der Waals surface area contributed by atoms with Gasteiger partial charge in [0.15, 0.2) is 0 Å². The molecule has 3 amide bonds. The number of rotatable bonds is 14. The molecule has 0 fully saturated rings. The Labute approximate surface area is 244 Å². The van der Waals surface area contributed by atoms with E-state index in [1.807, 2.05) is 74.5 Å². The van der Waals surface area contributed by atoms with E-state index in [1.54, 1.807) is 27.7 Å². The van der Waals surface area contributed by atoms with Crippen LogP contribution in [-0.4, -0.2) is 60.1 Å². The van der Waals surface area contributed by atoms with Crippen LogP contribution in [0.2, 0.25) is 0 Å². The molecule has 0 saturated heterocycles. The molecule has 226 valence electrons. The number of alkyl carbamates (subject to hydrolysis) is 2. The van der Waals surface area contributed by atoms with Gasteiger partial charge in [0.05, 0.1) is 30.7 Å². The van der Waals surface area contributed by atoms with Crippen LogP contribution in [-0.2, 0) is 27.1 Å². The van der Waals surface area contributed by atoms with Crippen LogP contribution >= 0.6 is 0 Å². The topological polar surface area (TPSA) is 126 Å². The molecule has 0 aliphatic heterocycles. The smallest absolute Gasteiger partial charge is 0.407 e. The van der Waals surface area contributed by atoms with E-state index in [4.69, 9.17) is 9.47 Å². The van der Waals surface area contributed by atoms with Crippen molar-refractivity contribution in [3.8, 4) is 0 Å². The molecule has 2 rings (SSSR count).